The van der Waals surface area contributed by atoms with Crippen LogP contribution < -0.4 is 0 Å². The van der Waals surface area contributed by atoms with Crippen LogP contribution in [0.4, 0.5) is 0 Å². The summed E-state index contributed by atoms with van der Waals surface area (Å²) in [5.74, 6) is 0. The molecule has 0 aliphatic heterocycles. The fourth-order valence-electron chi connectivity index (χ4n) is 4.05. The van der Waals surface area contributed by atoms with Crippen LogP contribution in [0.1, 0.15) is 11.1 Å². The first-order valence-electron chi connectivity index (χ1n) is 9.52. The van der Waals surface area contributed by atoms with Crippen LogP contribution in [0.5, 0.6) is 0 Å². The zero-order valence-corrected chi connectivity index (χ0v) is 20.7. The van der Waals surface area contributed by atoms with Crippen LogP contribution in [-0.4, -0.2) is 4.57 Å². The molecule has 0 aliphatic carbocycles. The van der Waals surface area contributed by atoms with Crippen molar-refractivity contribution in [1.29, 1.82) is 0 Å². The number of halogens is 6. The van der Waals surface area contributed by atoms with E-state index in [0.717, 1.165) is 21.8 Å². The summed E-state index contributed by atoms with van der Waals surface area (Å²) in [4.78, 5) is 0. The lowest BCUT2D eigenvalue weighted by Gasteiger charge is -2.25. The minimum absolute atomic E-state index is 0.376. The smallest absolute Gasteiger partial charge is 0.133 e. The van der Waals surface area contributed by atoms with Gasteiger partial charge in [-0.25, -0.2) is 0 Å². The van der Waals surface area contributed by atoms with E-state index in [4.69, 9.17) is 69.6 Å². The van der Waals surface area contributed by atoms with Gasteiger partial charge in [0.25, 0.3) is 0 Å². The van der Waals surface area contributed by atoms with Crippen molar-refractivity contribution in [2.75, 3.05) is 0 Å². The lowest BCUT2D eigenvalue weighted by atomic mass is 9.97. The van der Waals surface area contributed by atoms with Crippen molar-refractivity contribution < 1.29 is 0 Å². The molecular formula is C25H12Cl6N. The van der Waals surface area contributed by atoms with Gasteiger partial charge in [0.05, 0.1) is 11.0 Å². The van der Waals surface area contributed by atoms with E-state index >= 15 is 0 Å². The highest BCUT2D eigenvalue weighted by atomic mass is 35.5. The molecule has 159 valence electrons. The summed E-state index contributed by atoms with van der Waals surface area (Å²) < 4.78 is 2.08. The number of aromatic nitrogens is 1. The topological polar surface area (TPSA) is 4.93 Å². The van der Waals surface area contributed by atoms with Gasteiger partial charge in [0.1, 0.15) is 6.04 Å². The highest BCUT2D eigenvalue weighted by Gasteiger charge is 2.31. The van der Waals surface area contributed by atoms with Gasteiger partial charge in [-0.2, -0.15) is 0 Å². The van der Waals surface area contributed by atoms with Crippen molar-refractivity contribution in [3.8, 4) is 0 Å². The van der Waals surface area contributed by atoms with Crippen molar-refractivity contribution in [2.24, 2.45) is 0 Å². The molecule has 1 heterocycles. The summed E-state index contributed by atoms with van der Waals surface area (Å²) in [6, 6.07) is 23.4. The maximum Gasteiger partial charge on any atom is 0.133 e. The zero-order valence-electron chi connectivity index (χ0n) is 16.1. The van der Waals surface area contributed by atoms with Crippen molar-refractivity contribution >= 4 is 91.4 Å². The average Bonchev–Trinajstić information content (AvgIpc) is 3.05. The Hall–Kier alpha value is -1.58. The van der Waals surface area contributed by atoms with Crippen molar-refractivity contribution in [2.45, 2.75) is 0 Å². The minimum atomic E-state index is 0.376. The van der Waals surface area contributed by atoms with E-state index in [-0.39, 0.29) is 0 Å². The van der Waals surface area contributed by atoms with Gasteiger partial charge in [-0.15, -0.1) is 0 Å². The Balaban J connectivity index is 1.98. The number of fused-ring (bicyclic) bond motifs is 3. The van der Waals surface area contributed by atoms with E-state index in [2.05, 4.69) is 16.7 Å². The Morgan fingerprint density at radius 3 is 1.22 bits per heavy atom. The Bertz CT molecular complexity index is 1350. The predicted octanol–water partition coefficient (Wildman–Crippen LogP) is 10.2. The standard InChI is InChI=1S/C25H12Cl6N/c26-13-9-17(28)23(18(29)10-13)25(24-19(30)11-14(27)12-20(24)31)32-21-7-3-1-5-15(21)16-6-2-4-8-22(16)32/h1-12H. The maximum atomic E-state index is 6.72. The first kappa shape index (κ1) is 22.2. The number of para-hydroxylation sites is 2. The van der Waals surface area contributed by atoms with Gasteiger partial charge in [0.2, 0.25) is 0 Å². The fourth-order valence-corrected chi connectivity index (χ4v) is 6.04. The van der Waals surface area contributed by atoms with Gasteiger partial charge in [-0.05, 0) is 36.4 Å². The second-order valence-electron chi connectivity index (χ2n) is 7.21. The SMILES string of the molecule is Clc1cc(Cl)c([C](c2c(Cl)cc(Cl)cc2Cl)n2c3ccccc3c3ccccc32)c(Cl)c1. The van der Waals surface area contributed by atoms with Crippen LogP contribution in [-0.2, 0) is 0 Å². The van der Waals surface area contributed by atoms with E-state index < -0.39 is 0 Å². The van der Waals surface area contributed by atoms with Gasteiger partial charge in [-0.3, -0.25) is 0 Å². The molecule has 0 aliphatic rings. The minimum Gasteiger partial charge on any atom is -0.323 e. The van der Waals surface area contributed by atoms with Crippen molar-refractivity contribution in [3.63, 3.8) is 0 Å². The summed E-state index contributed by atoms with van der Waals surface area (Å²) in [5, 5.41) is 4.51. The molecular weight excluding hydrogens is 527 g/mol. The molecule has 5 aromatic rings. The van der Waals surface area contributed by atoms with Crippen molar-refractivity contribution in [1.82, 2.24) is 4.57 Å². The third kappa shape index (κ3) is 3.66. The summed E-state index contributed by atoms with van der Waals surface area (Å²) >= 11 is 39.3. The van der Waals surface area contributed by atoms with Gasteiger partial charge in [-0.1, -0.05) is 106 Å². The van der Waals surface area contributed by atoms with Crippen LogP contribution in [0.2, 0.25) is 30.1 Å². The molecule has 0 amide bonds. The van der Waals surface area contributed by atoms with Gasteiger partial charge in [0.15, 0.2) is 0 Å². The molecule has 5 rings (SSSR count). The lowest BCUT2D eigenvalue weighted by molar-refractivity contribution is 0.946. The summed E-state index contributed by atoms with van der Waals surface area (Å²) in [6.07, 6.45) is 0. The summed E-state index contributed by atoms with van der Waals surface area (Å²) in [6.45, 7) is 0. The van der Waals surface area contributed by atoms with E-state index in [1.807, 2.05) is 36.4 Å². The molecule has 0 fully saturated rings. The highest BCUT2D eigenvalue weighted by Crippen LogP contribution is 2.46. The molecule has 1 nitrogen and oxygen atoms in total. The van der Waals surface area contributed by atoms with Gasteiger partial charge >= 0.3 is 0 Å². The Morgan fingerprint density at radius 2 is 0.844 bits per heavy atom. The van der Waals surface area contributed by atoms with Crippen molar-refractivity contribution in [3.05, 3.63) is 120 Å². The van der Waals surface area contributed by atoms with E-state index in [1.54, 1.807) is 24.3 Å². The number of hydrogen-bond acceptors (Lipinski definition) is 0. The quantitative estimate of drug-likeness (QED) is 0.215. The number of benzene rings is 4. The summed E-state index contributed by atoms with van der Waals surface area (Å²) in [5.41, 5.74) is 3.03. The van der Waals surface area contributed by atoms with Gasteiger partial charge < -0.3 is 4.57 Å². The third-order valence-corrected chi connectivity index (χ3v) is 6.92. The molecule has 0 N–H and O–H groups in total. The molecule has 0 saturated heterocycles. The Labute approximate surface area is 215 Å². The van der Waals surface area contributed by atoms with E-state index in [1.165, 1.54) is 0 Å². The molecule has 4 aromatic carbocycles. The molecule has 32 heavy (non-hydrogen) atoms. The Morgan fingerprint density at radius 1 is 0.500 bits per heavy atom. The molecule has 0 spiro atoms. The zero-order chi connectivity index (χ0) is 22.6. The first-order valence-corrected chi connectivity index (χ1v) is 11.8. The molecule has 0 bridgehead atoms. The largest absolute Gasteiger partial charge is 0.323 e. The van der Waals surface area contributed by atoms with E-state index in [9.17, 15) is 0 Å². The molecule has 1 radical (unpaired) electrons. The Kier molecular flexibility index (Phi) is 6.01. The molecule has 1 aromatic heterocycles. The predicted molar refractivity (Wildman–Crippen MR) is 139 cm³/mol. The molecule has 0 unspecified atom stereocenters. The van der Waals surface area contributed by atoms with Gasteiger partial charge in [0, 0.05) is 52.0 Å². The average molecular weight is 539 g/mol. The highest BCUT2D eigenvalue weighted by molar-refractivity contribution is 6.41. The van der Waals surface area contributed by atoms with Crippen LogP contribution in [0.15, 0.2) is 72.8 Å². The molecule has 0 atom stereocenters. The second-order valence-corrected chi connectivity index (χ2v) is 9.71. The van der Waals surface area contributed by atoms with Crippen LogP contribution in [0.3, 0.4) is 0 Å². The molecule has 7 heteroatoms. The first-order chi connectivity index (χ1) is 15.4. The summed E-state index contributed by atoms with van der Waals surface area (Å²) in [7, 11) is 0. The fraction of sp³-hybridized carbons (Fsp3) is 0. The van der Waals surface area contributed by atoms with Crippen LogP contribution in [0.25, 0.3) is 21.8 Å². The third-order valence-electron chi connectivity index (χ3n) is 5.29. The van der Waals surface area contributed by atoms with E-state index in [0.29, 0.717) is 47.3 Å². The number of nitrogens with zero attached hydrogens (tertiary/aromatic N) is 1. The molecule has 0 saturated carbocycles. The number of hydrogen-bond donors (Lipinski definition) is 0. The lowest BCUT2D eigenvalue weighted by Crippen LogP contribution is -2.16. The normalized spacial score (nSPS) is 11.7. The maximum absolute atomic E-state index is 6.72. The second kappa shape index (κ2) is 8.65. The van der Waals surface area contributed by atoms with Crippen LogP contribution in [0, 0.1) is 6.04 Å². The number of rotatable bonds is 3. The van der Waals surface area contributed by atoms with Crippen LogP contribution >= 0.6 is 69.6 Å². The monoisotopic (exact) mass is 536 g/mol.